The van der Waals surface area contributed by atoms with Crippen molar-refractivity contribution in [1.82, 2.24) is 0 Å². The van der Waals surface area contributed by atoms with Crippen LogP contribution in [0.2, 0.25) is 0 Å². The van der Waals surface area contributed by atoms with Crippen LogP contribution >= 0.6 is 0 Å². The summed E-state index contributed by atoms with van der Waals surface area (Å²) in [6.45, 7) is 0. The van der Waals surface area contributed by atoms with Gasteiger partial charge in [0, 0.05) is 10.8 Å². The fraction of sp³-hybridized carbons (Fsp3) is 0. The normalized spacial score (nSPS) is 11.9. The zero-order valence-corrected chi connectivity index (χ0v) is 40.4. The lowest BCUT2D eigenvalue weighted by Gasteiger charge is -2.32. The summed E-state index contributed by atoms with van der Waals surface area (Å²) in [5, 5.41) is 11.0. The van der Waals surface area contributed by atoms with Crippen LogP contribution in [0.1, 0.15) is 0 Å². The second-order valence-electron chi connectivity index (χ2n) is 19.0. The van der Waals surface area contributed by atoms with Gasteiger partial charge in [-0.3, -0.25) is 0 Å². The maximum atomic E-state index is 7.00. The summed E-state index contributed by atoms with van der Waals surface area (Å²) < 4.78 is 7.00. The van der Waals surface area contributed by atoms with E-state index in [-0.39, 0.29) is 0 Å². The summed E-state index contributed by atoms with van der Waals surface area (Å²) in [5.41, 5.74) is 37.7. The van der Waals surface area contributed by atoms with Crippen LogP contribution in [0.4, 0.5) is 0 Å². The van der Waals surface area contributed by atoms with Crippen molar-refractivity contribution >= 4 is 347 Å². The molecule has 0 aliphatic carbocycles. The first-order chi connectivity index (χ1) is 27.5. The Balaban J connectivity index is 1.79. The minimum Gasteiger partial charge on any atom is -0.457 e. The fourth-order valence-electron chi connectivity index (χ4n) is 11.6. The molecule has 0 spiro atoms. The highest BCUT2D eigenvalue weighted by Crippen LogP contribution is 2.41. The molecule has 1 heterocycles. The van der Waals surface area contributed by atoms with Crippen molar-refractivity contribution in [2.24, 2.45) is 0 Å². The van der Waals surface area contributed by atoms with E-state index < -0.39 is 0 Å². The molecule has 1 aromatic heterocycles. The molecule has 0 amide bonds. The molecule has 59 heavy (non-hydrogen) atoms. The Morgan fingerprint density at radius 2 is 0.373 bits per heavy atom. The van der Waals surface area contributed by atoms with Crippen LogP contribution in [0.5, 0.6) is 0 Å². The number of benzene rings is 7. The quantitative estimate of drug-likeness (QED) is 0.128. The van der Waals surface area contributed by atoms with Crippen molar-refractivity contribution in [3.63, 3.8) is 0 Å². The van der Waals surface area contributed by atoms with E-state index in [9.17, 15) is 0 Å². The third-order valence-corrected chi connectivity index (χ3v) is 17.0. The first kappa shape index (κ1) is 42.2. The molecule has 260 valence electrons. The Labute approximate surface area is 371 Å². The molecule has 0 unspecified atom stereocenters. The maximum absolute atomic E-state index is 7.00. The minimum atomic E-state index is 1.04. The third-order valence-electron chi connectivity index (χ3n) is 17.0. The first-order valence-corrected chi connectivity index (χ1v) is 21.9. The smallest absolute Gasteiger partial charge is 0.143 e. The van der Waals surface area contributed by atoms with E-state index in [1.165, 1.54) is 186 Å². The van der Waals surface area contributed by atoms with Crippen molar-refractivity contribution in [1.29, 1.82) is 0 Å². The summed E-state index contributed by atoms with van der Waals surface area (Å²) in [6.07, 6.45) is 0. The highest BCUT2D eigenvalue weighted by atomic mass is 16.3. The highest BCUT2D eigenvalue weighted by molar-refractivity contribution is 6.76. The third kappa shape index (κ3) is 5.30. The van der Waals surface area contributed by atoms with Crippen LogP contribution in [0.25, 0.3) is 76.5 Å². The van der Waals surface area contributed by atoms with Gasteiger partial charge in [0.15, 0.2) is 0 Å². The molecule has 0 atom stereocenters. The van der Waals surface area contributed by atoms with E-state index >= 15 is 0 Å². The topological polar surface area (TPSA) is 13.1 Å². The molecule has 0 aliphatic heterocycles. The number of fused-ring (bicyclic) bond motifs is 6. The number of furan rings is 1. The van der Waals surface area contributed by atoms with Crippen LogP contribution in [-0.2, 0) is 0 Å². The molecular weight excluding hydrogens is 686 g/mol. The molecule has 8 aromatic rings. The molecule has 8 rings (SSSR count). The minimum absolute atomic E-state index is 1.04. The summed E-state index contributed by atoms with van der Waals surface area (Å²) in [6, 6.07) is 0. The average Bonchev–Trinajstić information content (AvgIpc) is 3.62. The monoisotopic (exact) mass is 735 g/mol. The van der Waals surface area contributed by atoms with Crippen molar-refractivity contribution in [2.75, 3.05) is 0 Å². The van der Waals surface area contributed by atoms with Crippen LogP contribution in [-0.4, -0.2) is 173 Å². The van der Waals surface area contributed by atoms with E-state index in [4.69, 9.17) is 4.42 Å². The molecule has 1 nitrogen and oxygen atoms in total. The summed E-state index contributed by atoms with van der Waals surface area (Å²) in [4.78, 5) is 0. The molecule has 0 fully saturated rings. The highest BCUT2D eigenvalue weighted by Gasteiger charge is 2.31. The van der Waals surface area contributed by atoms with Gasteiger partial charge >= 0.3 is 0 Å². The standard InChI is InChI=1S/C36H44B22O/c37-13-9(22(46)33(57)35-11(13)12-23(47)31(55)32(56)34(58)36(12)59-35)2-6-3(15(39)25(49)27(51)17(6)41)1(4-7(2)18(42)28(52)26(50)16(4)40)5-8-10(20(44)24(48)14(5)38)21(45)30(54)29(53)19(8)43/h37-58H2. The Bertz CT molecular complexity index is 3260. The number of hydrogen-bond acceptors (Lipinski definition) is 1. The average molecular weight is 731 g/mol. The van der Waals surface area contributed by atoms with Gasteiger partial charge in [0.1, 0.15) is 184 Å². The van der Waals surface area contributed by atoms with E-state index in [0.29, 0.717) is 0 Å². The lowest BCUT2D eigenvalue weighted by molar-refractivity contribution is 0.675. The van der Waals surface area contributed by atoms with Crippen LogP contribution in [0.15, 0.2) is 4.42 Å². The van der Waals surface area contributed by atoms with E-state index in [1.807, 2.05) is 0 Å². The molecule has 0 saturated carbocycles. The second kappa shape index (κ2) is 14.0. The zero-order chi connectivity index (χ0) is 43.5. The fourth-order valence-corrected chi connectivity index (χ4v) is 11.6. The molecule has 7 aromatic carbocycles. The van der Waals surface area contributed by atoms with Gasteiger partial charge in [0.25, 0.3) is 0 Å². The summed E-state index contributed by atoms with van der Waals surface area (Å²) in [7, 11) is 51.7. The number of rotatable bonds is 2. The van der Waals surface area contributed by atoms with Gasteiger partial charge in [-0.05, 0) is 54.6 Å². The number of hydrogen-bond donors (Lipinski definition) is 0. The van der Waals surface area contributed by atoms with E-state index in [1.54, 1.807) is 0 Å². The van der Waals surface area contributed by atoms with Gasteiger partial charge < -0.3 is 4.42 Å². The zero-order valence-electron chi connectivity index (χ0n) is 40.4. The van der Waals surface area contributed by atoms with Gasteiger partial charge in [0.05, 0.1) is 0 Å². The predicted molar refractivity (Wildman–Crippen MR) is 337 cm³/mol. The molecule has 0 aliphatic rings. The van der Waals surface area contributed by atoms with Gasteiger partial charge in [-0.15, -0.1) is 43.7 Å². The molecule has 0 bridgehead atoms. The SMILES string of the molecule is Bc1c(B)c(B)c2c(oc3c(B)c(B)c(-c4c5c(B)c(B)c(B)c(B)c5c(-c5c(B)c(B)c(B)c6c(B)c(B)c(B)c(B)c56)c5c(B)c(B)c(B)c(B)c45)c(B)c32)c1B. The van der Waals surface area contributed by atoms with Crippen molar-refractivity contribution in [3.05, 3.63) is 0 Å². The Morgan fingerprint density at radius 1 is 0.153 bits per heavy atom. The van der Waals surface area contributed by atoms with Crippen molar-refractivity contribution in [2.45, 2.75) is 0 Å². The largest absolute Gasteiger partial charge is 0.457 e. The van der Waals surface area contributed by atoms with Crippen LogP contribution in [0, 0.1) is 0 Å². The second-order valence-corrected chi connectivity index (χ2v) is 19.0. The molecular formula is C36H44B22O. The maximum Gasteiger partial charge on any atom is 0.143 e. The van der Waals surface area contributed by atoms with Crippen molar-refractivity contribution < 1.29 is 4.42 Å². The first-order valence-electron chi connectivity index (χ1n) is 21.9. The predicted octanol–water partition coefficient (Wildman–Crippen LogP) is -27.9. The Hall–Kier alpha value is -3.45. The lowest BCUT2D eigenvalue weighted by atomic mass is 9.56. The molecule has 0 N–H and O–H groups in total. The lowest BCUT2D eigenvalue weighted by Crippen LogP contribution is -2.53. The van der Waals surface area contributed by atoms with Gasteiger partial charge in [-0.2, -0.15) is 0 Å². The van der Waals surface area contributed by atoms with Gasteiger partial charge in [-0.25, -0.2) is 0 Å². The van der Waals surface area contributed by atoms with Gasteiger partial charge in [-0.1, -0.05) is 76.5 Å². The Kier molecular flexibility index (Phi) is 10.1. The summed E-state index contributed by atoms with van der Waals surface area (Å²) >= 11 is 0. The van der Waals surface area contributed by atoms with E-state index in [0.717, 1.165) is 11.2 Å². The summed E-state index contributed by atoms with van der Waals surface area (Å²) in [5.74, 6) is 0. The Morgan fingerprint density at radius 3 is 0.746 bits per heavy atom. The van der Waals surface area contributed by atoms with Crippen molar-refractivity contribution in [3.8, 4) is 22.3 Å². The van der Waals surface area contributed by atoms with Crippen LogP contribution in [0.3, 0.4) is 0 Å². The van der Waals surface area contributed by atoms with Gasteiger partial charge in [0.2, 0.25) is 0 Å². The molecule has 23 heteroatoms. The van der Waals surface area contributed by atoms with Crippen LogP contribution < -0.4 is 120 Å². The molecule has 0 saturated heterocycles. The van der Waals surface area contributed by atoms with E-state index in [2.05, 4.69) is 173 Å². The molecule has 0 radical (unpaired) electrons.